The van der Waals surface area contributed by atoms with Crippen LogP contribution in [0.2, 0.25) is 0 Å². The summed E-state index contributed by atoms with van der Waals surface area (Å²) in [6.07, 6.45) is 2.55. The van der Waals surface area contributed by atoms with Crippen LogP contribution in [0.4, 0.5) is 4.79 Å². The van der Waals surface area contributed by atoms with Crippen molar-refractivity contribution >= 4 is 12.0 Å². The molecule has 1 atom stereocenters. The molecule has 1 fully saturated rings. The average Bonchev–Trinajstić information content (AvgIpc) is 2.58. The number of nitrogens with one attached hydrogen (secondary N) is 1. The number of rotatable bonds is 5. The summed E-state index contributed by atoms with van der Waals surface area (Å²) in [5.74, 6) is -0.205. The molecule has 0 bridgehead atoms. The van der Waals surface area contributed by atoms with Crippen LogP contribution in [0.3, 0.4) is 0 Å². The highest BCUT2D eigenvalue weighted by atomic mass is 16.6. The quantitative estimate of drug-likeness (QED) is 0.857. The summed E-state index contributed by atoms with van der Waals surface area (Å²) in [5, 5.41) is 2.75. The predicted octanol–water partition coefficient (Wildman–Crippen LogP) is 1.25. The topological polar surface area (TPSA) is 84.7 Å². The van der Waals surface area contributed by atoms with E-state index in [4.69, 9.17) is 10.5 Å². The van der Waals surface area contributed by atoms with Gasteiger partial charge in [-0.05, 0) is 24.8 Å². The number of hydrogen-bond donors (Lipinski definition) is 2. The fraction of sp³-hybridized carbons (Fsp3) is 0.500. The van der Waals surface area contributed by atoms with Crippen molar-refractivity contribution in [3.8, 4) is 0 Å². The predicted molar refractivity (Wildman–Crippen MR) is 83.0 cm³/mol. The number of carbonyl (C=O) groups excluding carboxylic acids is 2. The molecule has 2 rings (SSSR count). The first kappa shape index (κ1) is 16.3. The number of benzene rings is 1. The zero-order valence-electron chi connectivity index (χ0n) is 12.7. The number of amides is 2. The minimum atomic E-state index is -0.324. The van der Waals surface area contributed by atoms with E-state index >= 15 is 0 Å². The summed E-state index contributed by atoms with van der Waals surface area (Å²) in [6.45, 7) is 1.32. The molecule has 22 heavy (non-hydrogen) atoms. The van der Waals surface area contributed by atoms with E-state index in [1.807, 2.05) is 30.3 Å². The number of piperidine rings is 1. The van der Waals surface area contributed by atoms with Crippen molar-refractivity contribution < 1.29 is 14.3 Å². The van der Waals surface area contributed by atoms with Crippen LogP contribution in [0.25, 0.3) is 0 Å². The lowest BCUT2D eigenvalue weighted by Gasteiger charge is -2.35. The summed E-state index contributed by atoms with van der Waals surface area (Å²) in [5.41, 5.74) is 6.24. The first-order valence-corrected chi connectivity index (χ1v) is 7.65. The number of likely N-dealkylation sites (tertiary alicyclic amines) is 1. The highest BCUT2D eigenvalue weighted by Gasteiger charge is 2.28. The van der Waals surface area contributed by atoms with Gasteiger partial charge >= 0.3 is 6.09 Å². The molecule has 2 amide bonds. The van der Waals surface area contributed by atoms with Gasteiger partial charge in [-0.1, -0.05) is 30.3 Å². The molecule has 0 aliphatic carbocycles. The molecule has 1 heterocycles. The number of nitrogens with zero attached hydrogens (tertiary/aromatic N) is 1. The van der Waals surface area contributed by atoms with Gasteiger partial charge in [-0.2, -0.15) is 0 Å². The smallest absolute Gasteiger partial charge is 0.410 e. The summed E-state index contributed by atoms with van der Waals surface area (Å²) in [4.78, 5) is 25.2. The fourth-order valence-electron chi connectivity index (χ4n) is 2.56. The van der Waals surface area contributed by atoms with E-state index in [2.05, 4.69) is 5.32 Å². The molecular weight excluding hydrogens is 282 g/mol. The van der Waals surface area contributed by atoms with E-state index in [1.165, 1.54) is 0 Å². The van der Waals surface area contributed by atoms with Gasteiger partial charge in [0.05, 0.1) is 12.6 Å². The van der Waals surface area contributed by atoms with Gasteiger partial charge in [-0.15, -0.1) is 0 Å². The van der Waals surface area contributed by atoms with Crippen molar-refractivity contribution in [2.75, 3.05) is 19.6 Å². The second kappa shape index (κ2) is 8.38. The van der Waals surface area contributed by atoms with E-state index in [1.54, 1.807) is 4.90 Å². The highest BCUT2D eigenvalue weighted by Crippen LogP contribution is 2.18. The first-order chi connectivity index (χ1) is 10.7. The van der Waals surface area contributed by atoms with Crippen LogP contribution in [-0.4, -0.2) is 42.6 Å². The molecule has 1 aromatic rings. The average molecular weight is 305 g/mol. The lowest BCUT2D eigenvalue weighted by Crippen LogP contribution is -2.50. The summed E-state index contributed by atoms with van der Waals surface area (Å²) in [7, 11) is 0. The second-order valence-corrected chi connectivity index (χ2v) is 5.39. The summed E-state index contributed by atoms with van der Waals surface area (Å²) < 4.78 is 5.38. The molecule has 6 heteroatoms. The zero-order valence-corrected chi connectivity index (χ0v) is 12.7. The molecule has 1 aliphatic rings. The molecule has 6 nitrogen and oxygen atoms in total. The number of carbonyl (C=O) groups is 2. The monoisotopic (exact) mass is 305 g/mol. The van der Waals surface area contributed by atoms with Gasteiger partial charge in [0.15, 0.2) is 0 Å². The molecule has 1 saturated heterocycles. The van der Waals surface area contributed by atoms with Crippen LogP contribution in [0.5, 0.6) is 0 Å². The Morgan fingerprint density at radius 3 is 2.77 bits per heavy atom. The molecular formula is C16H23N3O3. The summed E-state index contributed by atoms with van der Waals surface area (Å²) >= 11 is 0. The number of ether oxygens (including phenoxy) is 1. The van der Waals surface area contributed by atoms with Gasteiger partial charge in [0, 0.05) is 13.1 Å². The van der Waals surface area contributed by atoms with Crippen LogP contribution in [0, 0.1) is 0 Å². The summed E-state index contributed by atoms with van der Waals surface area (Å²) in [6, 6.07) is 9.56. The van der Waals surface area contributed by atoms with Crippen LogP contribution >= 0.6 is 0 Å². The molecule has 1 aromatic carbocycles. The van der Waals surface area contributed by atoms with E-state index in [-0.39, 0.29) is 31.2 Å². The molecule has 0 aromatic heterocycles. The Balaban J connectivity index is 1.86. The van der Waals surface area contributed by atoms with Crippen molar-refractivity contribution in [3.05, 3.63) is 35.9 Å². The Morgan fingerprint density at radius 1 is 1.27 bits per heavy atom. The van der Waals surface area contributed by atoms with Gasteiger partial charge in [-0.25, -0.2) is 4.79 Å². The first-order valence-electron chi connectivity index (χ1n) is 7.65. The lowest BCUT2D eigenvalue weighted by molar-refractivity contribution is -0.120. The maximum atomic E-state index is 12.3. The normalized spacial score (nSPS) is 17.9. The Bertz CT molecular complexity index is 493. The molecule has 1 aliphatic heterocycles. The Kier molecular flexibility index (Phi) is 6.21. The van der Waals surface area contributed by atoms with Crippen LogP contribution in [0.15, 0.2) is 30.3 Å². The van der Waals surface area contributed by atoms with Crippen molar-refractivity contribution in [1.29, 1.82) is 0 Å². The Labute approximate surface area is 130 Å². The van der Waals surface area contributed by atoms with Crippen molar-refractivity contribution in [3.63, 3.8) is 0 Å². The van der Waals surface area contributed by atoms with Crippen LogP contribution in [0.1, 0.15) is 24.8 Å². The highest BCUT2D eigenvalue weighted by molar-refractivity contribution is 5.77. The van der Waals surface area contributed by atoms with Gasteiger partial charge in [0.25, 0.3) is 0 Å². The van der Waals surface area contributed by atoms with E-state index in [0.29, 0.717) is 13.1 Å². The van der Waals surface area contributed by atoms with Gasteiger partial charge in [-0.3, -0.25) is 4.79 Å². The SMILES string of the molecule is NCC(=O)NCC1CCCCN1C(=O)OCc1ccccc1. The number of nitrogens with two attached hydrogens (primary N) is 1. The minimum absolute atomic E-state index is 0.0208. The maximum Gasteiger partial charge on any atom is 0.410 e. The zero-order chi connectivity index (χ0) is 15.8. The Morgan fingerprint density at radius 2 is 2.05 bits per heavy atom. The van der Waals surface area contributed by atoms with Crippen molar-refractivity contribution in [2.45, 2.75) is 31.9 Å². The Hall–Kier alpha value is -2.08. The number of hydrogen-bond acceptors (Lipinski definition) is 4. The van der Waals surface area contributed by atoms with Gasteiger partial charge in [0.2, 0.25) is 5.91 Å². The fourth-order valence-corrected chi connectivity index (χ4v) is 2.56. The minimum Gasteiger partial charge on any atom is -0.445 e. The van der Waals surface area contributed by atoms with Crippen molar-refractivity contribution in [2.24, 2.45) is 5.73 Å². The standard InChI is InChI=1S/C16H23N3O3/c17-10-15(20)18-11-14-8-4-5-9-19(14)16(21)22-12-13-6-2-1-3-7-13/h1-3,6-7,14H,4-5,8-12,17H2,(H,18,20). The third kappa shape index (κ3) is 4.73. The third-order valence-corrected chi connectivity index (χ3v) is 3.79. The lowest BCUT2D eigenvalue weighted by atomic mass is 10.0. The molecule has 0 radical (unpaired) electrons. The van der Waals surface area contributed by atoms with Crippen LogP contribution < -0.4 is 11.1 Å². The molecule has 0 saturated carbocycles. The molecule has 120 valence electrons. The van der Waals surface area contributed by atoms with Gasteiger partial charge in [0.1, 0.15) is 6.61 Å². The van der Waals surface area contributed by atoms with Crippen molar-refractivity contribution in [1.82, 2.24) is 10.2 Å². The molecule has 3 N–H and O–H groups in total. The third-order valence-electron chi connectivity index (χ3n) is 3.79. The van der Waals surface area contributed by atoms with E-state index in [9.17, 15) is 9.59 Å². The largest absolute Gasteiger partial charge is 0.445 e. The van der Waals surface area contributed by atoms with Gasteiger partial charge < -0.3 is 20.7 Å². The second-order valence-electron chi connectivity index (χ2n) is 5.39. The van der Waals surface area contributed by atoms with Crippen LogP contribution in [-0.2, 0) is 16.1 Å². The van der Waals surface area contributed by atoms with E-state index < -0.39 is 0 Å². The van der Waals surface area contributed by atoms with E-state index in [0.717, 1.165) is 24.8 Å². The maximum absolute atomic E-state index is 12.3. The molecule has 0 spiro atoms. The molecule has 1 unspecified atom stereocenters.